The molecular formula is C14H21NO4. The lowest BCUT2D eigenvalue weighted by Crippen LogP contribution is -2.37. The fourth-order valence-corrected chi connectivity index (χ4v) is 1.54. The van der Waals surface area contributed by atoms with E-state index in [1.165, 1.54) is 7.11 Å². The number of methoxy groups -OCH3 is 1. The quantitative estimate of drug-likeness (QED) is 0.573. The fraction of sp³-hybridized carbons (Fsp3) is 0.500. The summed E-state index contributed by atoms with van der Waals surface area (Å²) in [5, 5.41) is 3.01. The zero-order valence-corrected chi connectivity index (χ0v) is 11.6. The maximum absolute atomic E-state index is 11.2. The van der Waals surface area contributed by atoms with Crippen molar-refractivity contribution in [2.24, 2.45) is 0 Å². The van der Waals surface area contributed by atoms with Gasteiger partial charge in [0.15, 0.2) is 11.5 Å². The van der Waals surface area contributed by atoms with E-state index in [2.05, 4.69) is 10.1 Å². The number of carbonyl (C=O) groups is 1. The molecular weight excluding hydrogens is 246 g/mol. The van der Waals surface area contributed by atoms with Crippen LogP contribution in [-0.4, -0.2) is 38.9 Å². The summed E-state index contributed by atoms with van der Waals surface area (Å²) in [4.78, 5) is 11.2. The summed E-state index contributed by atoms with van der Waals surface area (Å²) in [5.41, 5.74) is 0. The molecule has 0 saturated heterocycles. The largest absolute Gasteiger partial charge is 0.490 e. The molecule has 0 aliphatic heterocycles. The molecule has 5 heteroatoms. The Kier molecular flexibility index (Phi) is 6.74. The molecule has 0 heterocycles. The molecule has 0 amide bonds. The Morgan fingerprint density at radius 1 is 1.26 bits per heavy atom. The van der Waals surface area contributed by atoms with E-state index >= 15 is 0 Å². The van der Waals surface area contributed by atoms with E-state index in [1.54, 1.807) is 6.92 Å². The van der Waals surface area contributed by atoms with E-state index in [-0.39, 0.29) is 12.0 Å². The number of para-hydroxylation sites is 2. The normalized spacial score (nSPS) is 11.7. The molecule has 1 rings (SSSR count). The van der Waals surface area contributed by atoms with Crippen molar-refractivity contribution in [3.63, 3.8) is 0 Å². The van der Waals surface area contributed by atoms with Gasteiger partial charge >= 0.3 is 5.97 Å². The van der Waals surface area contributed by atoms with E-state index in [4.69, 9.17) is 9.47 Å². The van der Waals surface area contributed by atoms with Crippen molar-refractivity contribution in [3.05, 3.63) is 24.3 Å². The minimum atomic E-state index is -0.337. The van der Waals surface area contributed by atoms with Crippen LogP contribution in [0.1, 0.15) is 13.8 Å². The van der Waals surface area contributed by atoms with Gasteiger partial charge in [-0.2, -0.15) is 0 Å². The van der Waals surface area contributed by atoms with Gasteiger partial charge in [-0.15, -0.1) is 0 Å². The highest BCUT2D eigenvalue weighted by Crippen LogP contribution is 2.25. The molecule has 1 aromatic rings. The van der Waals surface area contributed by atoms with Gasteiger partial charge in [-0.05, 0) is 26.0 Å². The number of carbonyl (C=O) groups excluding carboxylic acids is 1. The van der Waals surface area contributed by atoms with Crippen LogP contribution in [0.4, 0.5) is 0 Å². The third-order valence-corrected chi connectivity index (χ3v) is 2.51. The van der Waals surface area contributed by atoms with Crippen LogP contribution in [0.5, 0.6) is 11.5 Å². The van der Waals surface area contributed by atoms with E-state index < -0.39 is 0 Å². The monoisotopic (exact) mass is 267 g/mol. The number of benzene rings is 1. The van der Waals surface area contributed by atoms with E-state index in [9.17, 15) is 4.79 Å². The lowest BCUT2D eigenvalue weighted by molar-refractivity contribution is -0.142. The predicted molar refractivity (Wildman–Crippen MR) is 72.6 cm³/mol. The Morgan fingerprint density at radius 2 is 1.89 bits per heavy atom. The topological polar surface area (TPSA) is 56.8 Å². The Bertz CT molecular complexity index is 395. The number of esters is 1. The van der Waals surface area contributed by atoms with E-state index in [0.717, 1.165) is 5.75 Å². The summed E-state index contributed by atoms with van der Waals surface area (Å²) < 4.78 is 15.7. The molecule has 0 aliphatic rings. The highest BCUT2D eigenvalue weighted by Gasteiger charge is 2.11. The van der Waals surface area contributed by atoms with Gasteiger partial charge in [0.1, 0.15) is 12.6 Å². The van der Waals surface area contributed by atoms with Gasteiger partial charge in [0.05, 0.1) is 13.7 Å². The number of hydrogen-bond acceptors (Lipinski definition) is 5. The molecule has 19 heavy (non-hydrogen) atoms. The molecule has 1 atom stereocenters. The second-order valence-corrected chi connectivity index (χ2v) is 3.93. The summed E-state index contributed by atoms with van der Waals surface area (Å²) in [7, 11) is 1.37. The van der Waals surface area contributed by atoms with Crippen molar-refractivity contribution in [1.82, 2.24) is 5.32 Å². The van der Waals surface area contributed by atoms with Crippen LogP contribution in [0, 0.1) is 0 Å². The van der Waals surface area contributed by atoms with Crippen molar-refractivity contribution in [1.29, 1.82) is 0 Å². The first-order valence-corrected chi connectivity index (χ1v) is 6.34. The Hall–Kier alpha value is -1.75. The summed E-state index contributed by atoms with van der Waals surface area (Å²) in [6, 6.07) is 7.17. The van der Waals surface area contributed by atoms with Crippen LogP contribution in [0.3, 0.4) is 0 Å². The lowest BCUT2D eigenvalue weighted by atomic mass is 10.3. The minimum Gasteiger partial charge on any atom is -0.490 e. The zero-order valence-electron chi connectivity index (χ0n) is 11.6. The summed E-state index contributed by atoms with van der Waals surface area (Å²) >= 11 is 0. The second-order valence-electron chi connectivity index (χ2n) is 3.93. The van der Waals surface area contributed by atoms with Crippen LogP contribution >= 0.6 is 0 Å². The van der Waals surface area contributed by atoms with Gasteiger partial charge in [0.25, 0.3) is 0 Å². The second kappa shape index (κ2) is 8.37. The first kappa shape index (κ1) is 15.3. The molecule has 0 fully saturated rings. The SMILES string of the molecule is CCOc1ccccc1OCCNC(C)C(=O)OC. The smallest absolute Gasteiger partial charge is 0.322 e. The van der Waals surface area contributed by atoms with Crippen molar-refractivity contribution < 1.29 is 19.0 Å². The Morgan fingerprint density at radius 3 is 2.47 bits per heavy atom. The Labute approximate surface area is 113 Å². The van der Waals surface area contributed by atoms with Gasteiger partial charge < -0.3 is 19.5 Å². The lowest BCUT2D eigenvalue weighted by Gasteiger charge is -2.14. The minimum absolute atomic E-state index is 0.283. The molecule has 1 N–H and O–H groups in total. The number of ether oxygens (including phenoxy) is 3. The van der Waals surface area contributed by atoms with Crippen LogP contribution < -0.4 is 14.8 Å². The molecule has 0 spiro atoms. The predicted octanol–water partition coefficient (Wildman–Crippen LogP) is 1.62. The molecule has 0 aromatic heterocycles. The molecule has 1 unspecified atom stereocenters. The van der Waals surface area contributed by atoms with Crippen LogP contribution in [-0.2, 0) is 9.53 Å². The first-order valence-electron chi connectivity index (χ1n) is 6.34. The van der Waals surface area contributed by atoms with Gasteiger partial charge in [-0.3, -0.25) is 4.79 Å². The molecule has 5 nitrogen and oxygen atoms in total. The Balaban J connectivity index is 2.35. The van der Waals surface area contributed by atoms with E-state index in [0.29, 0.717) is 25.5 Å². The van der Waals surface area contributed by atoms with Gasteiger partial charge in [0.2, 0.25) is 0 Å². The first-order chi connectivity index (χ1) is 9.19. The average Bonchev–Trinajstić information content (AvgIpc) is 2.44. The van der Waals surface area contributed by atoms with Crippen LogP contribution in [0.25, 0.3) is 0 Å². The molecule has 0 bridgehead atoms. The molecule has 106 valence electrons. The third kappa shape index (κ3) is 5.18. The third-order valence-electron chi connectivity index (χ3n) is 2.51. The van der Waals surface area contributed by atoms with Gasteiger partial charge in [0, 0.05) is 6.54 Å². The van der Waals surface area contributed by atoms with Gasteiger partial charge in [-0.1, -0.05) is 12.1 Å². The van der Waals surface area contributed by atoms with Crippen molar-refractivity contribution in [2.45, 2.75) is 19.9 Å². The number of hydrogen-bond donors (Lipinski definition) is 1. The molecule has 0 radical (unpaired) electrons. The van der Waals surface area contributed by atoms with Gasteiger partial charge in [-0.25, -0.2) is 0 Å². The maximum Gasteiger partial charge on any atom is 0.322 e. The van der Waals surface area contributed by atoms with Crippen molar-refractivity contribution in [2.75, 3.05) is 26.9 Å². The molecule has 0 aliphatic carbocycles. The zero-order chi connectivity index (χ0) is 14.1. The van der Waals surface area contributed by atoms with Crippen LogP contribution in [0.15, 0.2) is 24.3 Å². The van der Waals surface area contributed by atoms with Crippen molar-refractivity contribution >= 4 is 5.97 Å². The fourth-order valence-electron chi connectivity index (χ4n) is 1.54. The summed E-state index contributed by atoms with van der Waals surface area (Å²) in [6.45, 7) is 5.27. The highest BCUT2D eigenvalue weighted by molar-refractivity contribution is 5.75. The number of rotatable bonds is 8. The summed E-state index contributed by atoms with van der Waals surface area (Å²) in [5.74, 6) is 1.15. The van der Waals surface area contributed by atoms with E-state index in [1.807, 2.05) is 31.2 Å². The molecule has 1 aromatic carbocycles. The summed E-state index contributed by atoms with van der Waals surface area (Å²) in [6.07, 6.45) is 0. The van der Waals surface area contributed by atoms with Crippen LogP contribution in [0.2, 0.25) is 0 Å². The molecule has 0 saturated carbocycles. The standard InChI is InChI=1S/C14H21NO4/c1-4-18-12-7-5-6-8-13(12)19-10-9-15-11(2)14(16)17-3/h5-8,11,15H,4,9-10H2,1-3H3. The van der Waals surface area contributed by atoms with Crippen molar-refractivity contribution in [3.8, 4) is 11.5 Å². The number of nitrogens with one attached hydrogen (secondary N) is 1. The average molecular weight is 267 g/mol. The highest BCUT2D eigenvalue weighted by atomic mass is 16.5. The maximum atomic E-state index is 11.2.